The summed E-state index contributed by atoms with van der Waals surface area (Å²) >= 11 is 0. The van der Waals surface area contributed by atoms with Crippen molar-refractivity contribution < 1.29 is 4.74 Å². The molecule has 1 N–H and O–H groups in total. The zero-order valence-corrected chi connectivity index (χ0v) is 12.9. The maximum Gasteiger partial charge on any atom is 0.227 e. The van der Waals surface area contributed by atoms with Crippen LogP contribution in [0.4, 0.5) is 11.6 Å². The minimum atomic E-state index is 0.308. The second-order valence-corrected chi connectivity index (χ2v) is 5.33. The van der Waals surface area contributed by atoms with Crippen LogP contribution in [0.25, 0.3) is 10.9 Å². The number of fused-ring (bicyclic) bond motifs is 1. The van der Waals surface area contributed by atoms with Crippen LogP contribution in [0.2, 0.25) is 0 Å². The number of aromatic nitrogens is 3. The van der Waals surface area contributed by atoms with Crippen LogP contribution in [0.3, 0.4) is 0 Å². The molecule has 3 rings (SSSR count). The Morgan fingerprint density at radius 3 is 2.55 bits per heavy atom. The lowest BCUT2D eigenvalue weighted by Crippen LogP contribution is -2.01. The van der Waals surface area contributed by atoms with E-state index in [1.807, 2.05) is 30.5 Å². The predicted octanol–water partition coefficient (Wildman–Crippen LogP) is 3.90. The summed E-state index contributed by atoms with van der Waals surface area (Å²) in [5, 5.41) is 4.20. The van der Waals surface area contributed by atoms with Gasteiger partial charge in [-0.05, 0) is 30.2 Å². The number of ether oxygens (including phenoxy) is 1. The third-order valence-electron chi connectivity index (χ3n) is 3.49. The molecule has 0 aliphatic rings. The average molecular weight is 294 g/mol. The maximum absolute atomic E-state index is 5.48. The third-order valence-corrected chi connectivity index (χ3v) is 3.49. The highest BCUT2D eigenvalue weighted by Crippen LogP contribution is 2.33. The van der Waals surface area contributed by atoms with Crippen molar-refractivity contribution in [3.05, 3.63) is 48.4 Å². The fraction of sp³-hybridized carbons (Fsp3) is 0.235. The molecule has 0 saturated heterocycles. The number of hydrogen-bond donors (Lipinski definition) is 1. The molecule has 0 unspecified atom stereocenters. The second-order valence-electron chi connectivity index (χ2n) is 5.33. The van der Waals surface area contributed by atoms with Gasteiger partial charge >= 0.3 is 0 Å². The van der Waals surface area contributed by atoms with Crippen LogP contribution in [-0.2, 0) is 0 Å². The number of nitrogens with zero attached hydrogens (tertiary/aromatic N) is 3. The van der Waals surface area contributed by atoms with Crippen molar-refractivity contribution >= 4 is 22.5 Å². The van der Waals surface area contributed by atoms with Gasteiger partial charge in [-0.3, -0.25) is 4.98 Å². The Labute approximate surface area is 129 Å². The van der Waals surface area contributed by atoms with Crippen LogP contribution >= 0.6 is 0 Å². The van der Waals surface area contributed by atoms with Crippen LogP contribution in [0, 0.1) is 0 Å². The van der Waals surface area contributed by atoms with Gasteiger partial charge in [-0.15, -0.1) is 0 Å². The van der Waals surface area contributed by atoms with Crippen molar-refractivity contribution in [2.24, 2.45) is 0 Å². The fourth-order valence-corrected chi connectivity index (χ4v) is 2.46. The Morgan fingerprint density at radius 1 is 1.09 bits per heavy atom. The minimum Gasteiger partial charge on any atom is -0.496 e. The number of rotatable bonds is 4. The van der Waals surface area contributed by atoms with E-state index in [0.29, 0.717) is 11.9 Å². The number of nitrogens with one attached hydrogen (secondary N) is 1. The van der Waals surface area contributed by atoms with Crippen molar-refractivity contribution in [2.45, 2.75) is 19.8 Å². The topological polar surface area (TPSA) is 59.9 Å². The van der Waals surface area contributed by atoms with Crippen molar-refractivity contribution in [1.82, 2.24) is 15.0 Å². The third kappa shape index (κ3) is 2.70. The molecule has 22 heavy (non-hydrogen) atoms. The van der Waals surface area contributed by atoms with E-state index in [4.69, 9.17) is 4.74 Å². The Hall–Kier alpha value is -2.69. The lowest BCUT2D eigenvalue weighted by molar-refractivity contribution is 0.408. The molecular weight excluding hydrogens is 276 g/mol. The van der Waals surface area contributed by atoms with Gasteiger partial charge in [-0.1, -0.05) is 13.8 Å². The zero-order valence-electron chi connectivity index (χ0n) is 12.9. The molecule has 112 valence electrons. The van der Waals surface area contributed by atoms with E-state index >= 15 is 0 Å². The number of methoxy groups -OCH3 is 1. The van der Waals surface area contributed by atoms with Gasteiger partial charge in [0, 0.05) is 35.2 Å². The summed E-state index contributed by atoms with van der Waals surface area (Å²) in [7, 11) is 1.68. The van der Waals surface area contributed by atoms with Gasteiger partial charge in [0.15, 0.2) is 0 Å². The molecule has 0 spiro atoms. The molecule has 3 aromatic rings. The summed E-state index contributed by atoms with van der Waals surface area (Å²) < 4.78 is 5.48. The van der Waals surface area contributed by atoms with Crippen LogP contribution < -0.4 is 10.1 Å². The molecular formula is C17H18N4O. The highest BCUT2D eigenvalue weighted by atomic mass is 16.5. The quantitative estimate of drug-likeness (QED) is 0.790. The number of anilines is 2. The first-order valence-electron chi connectivity index (χ1n) is 7.19. The van der Waals surface area contributed by atoms with E-state index in [2.05, 4.69) is 34.1 Å². The number of benzene rings is 1. The number of hydrogen-bond acceptors (Lipinski definition) is 5. The van der Waals surface area contributed by atoms with E-state index < -0.39 is 0 Å². The second kappa shape index (κ2) is 5.97. The van der Waals surface area contributed by atoms with Crippen molar-refractivity contribution in [1.29, 1.82) is 0 Å². The van der Waals surface area contributed by atoms with Gasteiger partial charge in [-0.25, -0.2) is 9.97 Å². The fourth-order valence-electron chi connectivity index (χ4n) is 2.46. The van der Waals surface area contributed by atoms with E-state index in [1.54, 1.807) is 19.5 Å². The predicted molar refractivity (Wildman–Crippen MR) is 87.7 cm³/mol. The van der Waals surface area contributed by atoms with Crippen molar-refractivity contribution in [2.75, 3.05) is 12.4 Å². The Kier molecular flexibility index (Phi) is 3.87. The van der Waals surface area contributed by atoms with Gasteiger partial charge in [0.2, 0.25) is 5.95 Å². The summed E-state index contributed by atoms with van der Waals surface area (Å²) in [6.07, 6.45) is 5.29. The van der Waals surface area contributed by atoms with E-state index in [1.165, 1.54) is 0 Å². The van der Waals surface area contributed by atoms with Gasteiger partial charge in [0.25, 0.3) is 0 Å². The average Bonchev–Trinajstić information content (AvgIpc) is 2.54. The summed E-state index contributed by atoms with van der Waals surface area (Å²) in [4.78, 5) is 13.1. The molecule has 0 amide bonds. The largest absolute Gasteiger partial charge is 0.496 e. The number of pyridine rings is 1. The first kappa shape index (κ1) is 14.3. The zero-order chi connectivity index (χ0) is 15.5. The molecule has 2 aromatic heterocycles. The normalized spacial score (nSPS) is 10.9. The highest BCUT2D eigenvalue weighted by Gasteiger charge is 2.14. The van der Waals surface area contributed by atoms with Crippen molar-refractivity contribution in [3.63, 3.8) is 0 Å². The molecule has 2 heterocycles. The van der Waals surface area contributed by atoms with Crippen molar-refractivity contribution in [3.8, 4) is 5.75 Å². The first-order chi connectivity index (χ1) is 10.7. The SMILES string of the molecule is COc1ccc2cnc(Nc3ccncc3)nc2c1C(C)C. The Bertz CT molecular complexity index is 787. The van der Waals surface area contributed by atoms with Gasteiger partial charge in [0.1, 0.15) is 5.75 Å². The molecule has 5 heteroatoms. The van der Waals surface area contributed by atoms with Gasteiger partial charge < -0.3 is 10.1 Å². The standard InChI is InChI=1S/C17H18N4O/c1-11(2)15-14(22-3)5-4-12-10-19-17(21-16(12)15)20-13-6-8-18-9-7-13/h4-11H,1-3H3,(H,18,19,20,21). The van der Waals surface area contributed by atoms with Gasteiger partial charge in [0.05, 0.1) is 12.6 Å². The molecule has 0 radical (unpaired) electrons. The van der Waals surface area contributed by atoms with Crippen LogP contribution in [0.15, 0.2) is 42.9 Å². The molecule has 0 bridgehead atoms. The molecule has 0 aliphatic heterocycles. The van der Waals surface area contributed by atoms with Gasteiger partial charge in [-0.2, -0.15) is 0 Å². The molecule has 0 saturated carbocycles. The minimum absolute atomic E-state index is 0.308. The molecule has 0 aliphatic carbocycles. The van der Waals surface area contributed by atoms with E-state index in [-0.39, 0.29) is 0 Å². The first-order valence-corrected chi connectivity index (χ1v) is 7.19. The lowest BCUT2D eigenvalue weighted by atomic mass is 9.99. The van der Waals surface area contributed by atoms with E-state index in [9.17, 15) is 0 Å². The lowest BCUT2D eigenvalue weighted by Gasteiger charge is -2.15. The molecule has 0 fully saturated rings. The molecule has 0 atom stereocenters. The Balaban J connectivity index is 2.09. The summed E-state index contributed by atoms with van der Waals surface area (Å²) in [5.41, 5.74) is 2.92. The molecule has 5 nitrogen and oxygen atoms in total. The maximum atomic E-state index is 5.48. The van der Waals surface area contributed by atoms with Crippen LogP contribution in [-0.4, -0.2) is 22.1 Å². The van der Waals surface area contributed by atoms with Crippen LogP contribution in [0.1, 0.15) is 25.3 Å². The summed E-state index contributed by atoms with van der Waals surface area (Å²) in [6.45, 7) is 4.27. The monoisotopic (exact) mass is 294 g/mol. The summed E-state index contributed by atoms with van der Waals surface area (Å²) in [5.74, 6) is 1.73. The molecule has 1 aromatic carbocycles. The summed E-state index contributed by atoms with van der Waals surface area (Å²) in [6, 6.07) is 7.71. The van der Waals surface area contributed by atoms with Crippen LogP contribution in [0.5, 0.6) is 5.75 Å². The van der Waals surface area contributed by atoms with E-state index in [0.717, 1.165) is 27.9 Å². The smallest absolute Gasteiger partial charge is 0.227 e. The highest BCUT2D eigenvalue weighted by molar-refractivity contribution is 5.85. The Morgan fingerprint density at radius 2 is 1.86 bits per heavy atom.